The topological polar surface area (TPSA) is 52.0 Å². The molecule has 0 aromatic carbocycles. The number of hydrogen-bond donors (Lipinski definition) is 1. The van der Waals surface area contributed by atoms with Crippen molar-refractivity contribution in [1.29, 1.82) is 5.26 Å². The Kier molecular flexibility index (Phi) is 3.83. The molecule has 1 aromatic heterocycles. The fourth-order valence-corrected chi connectivity index (χ4v) is 2.59. The Bertz CT molecular complexity index is 475. The Balaban J connectivity index is 2.20. The van der Waals surface area contributed by atoms with Crippen LogP contribution in [-0.4, -0.2) is 36.1 Å². The third-order valence-electron chi connectivity index (χ3n) is 3.42. The van der Waals surface area contributed by atoms with Crippen LogP contribution in [0.5, 0.6) is 0 Å². The molecule has 0 radical (unpaired) electrons. The van der Waals surface area contributed by atoms with Crippen LogP contribution in [0.15, 0.2) is 6.07 Å². The van der Waals surface area contributed by atoms with Gasteiger partial charge in [-0.05, 0) is 46.3 Å². The number of nitrogens with zero attached hydrogens (tertiary/aromatic N) is 3. The summed E-state index contributed by atoms with van der Waals surface area (Å²) in [4.78, 5) is 6.67. The van der Waals surface area contributed by atoms with Gasteiger partial charge in [-0.1, -0.05) is 0 Å². The highest BCUT2D eigenvalue weighted by atomic mass is 15.1. The van der Waals surface area contributed by atoms with Crippen LogP contribution >= 0.6 is 0 Å². The first-order valence-corrected chi connectivity index (χ1v) is 6.43. The van der Waals surface area contributed by atoms with Crippen molar-refractivity contribution >= 4 is 5.69 Å². The summed E-state index contributed by atoms with van der Waals surface area (Å²) in [6, 6.07) is 4.65. The number of likely N-dealkylation sites (tertiary alicyclic amines) is 1. The van der Waals surface area contributed by atoms with Gasteiger partial charge in [-0.2, -0.15) is 5.26 Å². The van der Waals surface area contributed by atoms with Crippen LogP contribution in [0.25, 0.3) is 0 Å². The maximum absolute atomic E-state index is 9.23. The van der Waals surface area contributed by atoms with Crippen molar-refractivity contribution in [3.63, 3.8) is 0 Å². The summed E-state index contributed by atoms with van der Waals surface area (Å²) < 4.78 is 0. The molecule has 0 saturated carbocycles. The van der Waals surface area contributed by atoms with Crippen molar-refractivity contribution in [2.24, 2.45) is 0 Å². The summed E-state index contributed by atoms with van der Waals surface area (Å²) in [5.41, 5.74) is 3.37. The molecule has 96 valence electrons. The van der Waals surface area contributed by atoms with Crippen LogP contribution in [0, 0.1) is 25.2 Å². The van der Waals surface area contributed by atoms with Crippen LogP contribution in [0.4, 0.5) is 5.69 Å². The van der Waals surface area contributed by atoms with Gasteiger partial charge in [0.15, 0.2) is 0 Å². The molecule has 0 amide bonds. The minimum Gasteiger partial charge on any atom is -0.380 e. The molecule has 1 saturated heterocycles. The van der Waals surface area contributed by atoms with Gasteiger partial charge in [-0.3, -0.25) is 4.98 Å². The first-order valence-electron chi connectivity index (χ1n) is 6.43. The lowest BCUT2D eigenvalue weighted by Crippen LogP contribution is -2.39. The van der Waals surface area contributed by atoms with Crippen LogP contribution in [0.3, 0.4) is 0 Å². The first-order chi connectivity index (χ1) is 8.60. The smallest absolute Gasteiger partial charge is 0.103 e. The Morgan fingerprint density at radius 3 is 2.94 bits per heavy atom. The molecular formula is C14H20N4. The summed E-state index contributed by atoms with van der Waals surface area (Å²) in [5.74, 6) is 0. The summed E-state index contributed by atoms with van der Waals surface area (Å²) in [7, 11) is 2.14. The number of likely N-dealkylation sites (N-methyl/N-ethyl adjacent to an activating group) is 1. The second-order valence-corrected chi connectivity index (χ2v) is 5.13. The molecule has 1 fully saturated rings. The Hall–Kier alpha value is -1.60. The van der Waals surface area contributed by atoms with E-state index >= 15 is 0 Å². The third-order valence-corrected chi connectivity index (χ3v) is 3.42. The monoisotopic (exact) mass is 244 g/mol. The largest absolute Gasteiger partial charge is 0.380 e. The van der Waals surface area contributed by atoms with Gasteiger partial charge in [-0.15, -0.1) is 0 Å². The number of pyridine rings is 1. The third kappa shape index (κ3) is 2.80. The number of nitrogens with one attached hydrogen (secondary N) is 1. The molecule has 18 heavy (non-hydrogen) atoms. The lowest BCUT2D eigenvalue weighted by molar-refractivity contribution is 0.261. The molecule has 1 unspecified atom stereocenters. The van der Waals surface area contributed by atoms with E-state index in [2.05, 4.69) is 28.3 Å². The number of aryl methyl sites for hydroxylation is 2. The van der Waals surface area contributed by atoms with Gasteiger partial charge in [0.1, 0.15) is 6.07 Å². The zero-order valence-corrected chi connectivity index (χ0v) is 11.3. The summed E-state index contributed by atoms with van der Waals surface area (Å²) in [5, 5.41) is 12.7. The van der Waals surface area contributed by atoms with Crippen LogP contribution in [0.2, 0.25) is 0 Å². The number of nitriles is 1. The van der Waals surface area contributed by atoms with Crippen molar-refractivity contribution in [3.8, 4) is 6.07 Å². The van der Waals surface area contributed by atoms with E-state index in [1.165, 1.54) is 6.42 Å². The molecule has 2 heterocycles. The van der Waals surface area contributed by atoms with Gasteiger partial charge in [0.2, 0.25) is 0 Å². The fourth-order valence-electron chi connectivity index (χ4n) is 2.59. The molecule has 1 aliphatic rings. The normalized spacial score (nSPS) is 20.4. The van der Waals surface area contributed by atoms with Crippen LogP contribution < -0.4 is 5.32 Å². The Morgan fingerprint density at radius 1 is 1.50 bits per heavy atom. The van der Waals surface area contributed by atoms with E-state index in [-0.39, 0.29) is 0 Å². The maximum atomic E-state index is 9.23. The van der Waals surface area contributed by atoms with Gasteiger partial charge >= 0.3 is 0 Å². The minimum atomic E-state index is 0.428. The molecule has 1 aliphatic heterocycles. The lowest BCUT2D eigenvalue weighted by Gasteiger charge is -2.31. The van der Waals surface area contributed by atoms with E-state index in [0.29, 0.717) is 11.6 Å². The first kappa shape index (κ1) is 12.8. The Labute approximate surface area is 109 Å². The summed E-state index contributed by atoms with van der Waals surface area (Å²) in [6.45, 7) is 6.05. The quantitative estimate of drug-likeness (QED) is 0.865. The predicted octanol–water partition coefficient (Wildman–Crippen LogP) is 2.08. The minimum absolute atomic E-state index is 0.428. The molecule has 1 atom stereocenters. The number of hydrogen-bond acceptors (Lipinski definition) is 4. The molecule has 2 rings (SSSR count). The number of aromatic nitrogens is 1. The summed E-state index contributed by atoms with van der Waals surface area (Å²) >= 11 is 0. The van der Waals surface area contributed by atoms with Gasteiger partial charge in [0, 0.05) is 18.3 Å². The van der Waals surface area contributed by atoms with E-state index < -0.39 is 0 Å². The van der Waals surface area contributed by atoms with E-state index in [4.69, 9.17) is 0 Å². The van der Waals surface area contributed by atoms with Gasteiger partial charge in [-0.25, -0.2) is 0 Å². The molecule has 4 heteroatoms. The fraction of sp³-hybridized carbons (Fsp3) is 0.571. The zero-order chi connectivity index (χ0) is 13.1. The Morgan fingerprint density at radius 2 is 2.28 bits per heavy atom. The highest BCUT2D eigenvalue weighted by molar-refractivity contribution is 5.60. The summed E-state index contributed by atoms with van der Waals surface area (Å²) in [6.07, 6.45) is 2.37. The highest BCUT2D eigenvalue weighted by Gasteiger charge is 2.18. The van der Waals surface area contributed by atoms with Gasteiger partial charge in [0.05, 0.1) is 16.9 Å². The van der Waals surface area contributed by atoms with Gasteiger partial charge < -0.3 is 10.2 Å². The number of piperidine rings is 1. The highest BCUT2D eigenvalue weighted by Crippen LogP contribution is 2.21. The van der Waals surface area contributed by atoms with Crippen molar-refractivity contribution < 1.29 is 0 Å². The second kappa shape index (κ2) is 5.36. The SMILES string of the molecule is Cc1cc(NC2CCCN(C)C2)c(C#N)c(C)n1. The second-order valence-electron chi connectivity index (χ2n) is 5.13. The van der Waals surface area contributed by atoms with Crippen molar-refractivity contribution in [2.45, 2.75) is 32.7 Å². The van der Waals surface area contributed by atoms with E-state index in [9.17, 15) is 5.26 Å². The molecule has 1 N–H and O–H groups in total. The van der Waals surface area contributed by atoms with Gasteiger partial charge in [0.25, 0.3) is 0 Å². The maximum Gasteiger partial charge on any atom is 0.103 e. The molecule has 0 spiro atoms. The van der Waals surface area contributed by atoms with Crippen LogP contribution in [0.1, 0.15) is 29.8 Å². The average molecular weight is 244 g/mol. The molecule has 1 aromatic rings. The van der Waals surface area contributed by atoms with Crippen molar-refractivity contribution in [2.75, 3.05) is 25.5 Å². The molecule has 0 bridgehead atoms. The zero-order valence-electron chi connectivity index (χ0n) is 11.3. The molecular weight excluding hydrogens is 224 g/mol. The van der Waals surface area contributed by atoms with E-state index in [0.717, 1.165) is 36.6 Å². The number of rotatable bonds is 2. The average Bonchev–Trinajstić information content (AvgIpc) is 2.28. The van der Waals surface area contributed by atoms with E-state index in [1.54, 1.807) is 0 Å². The molecule has 4 nitrogen and oxygen atoms in total. The predicted molar refractivity (Wildman–Crippen MR) is 72.6 cm³/mol. The molecule has 0 aliphatic carbocycles. The number of anilines is 1. The van der Waals surface area contributed by atoms with Crippen LogP contribution in [-0.2, 0) is 0 Å². The standard InChI is InChI=1S/C14H20N4/c1-10-7-14(13(8-15)11(2)16-10)17-12-5-4-6-18(3)9-12/h7,12H,4-6,9H2,1-3H3,(H,16,17). The van der Waals surface area contributed by atoms with Crippen molar-refractivity contribution in [3.05, 3.63) is 23.0 Å². The van der Waals surface area contributed by atoms with E-state index in [1.807, 2.05) is 19.9 Å². The van der Waals surface area contributed by atoms with Crippen molar-refractivity contribution in [1.82, 2.24) is 9.88 Å². The lowest BCUT2D eigenvalue weighted by atomic mass is 10.0.